The lowest BCUT2D eigenvalue weighted by Crippen LogP contribution is -2.57. The number of aryl methyl sites for hydroxylation is 2. The molecule has 11 heteroatoms. The summed E-state index contributed by atoms with van der Waals surface area (Å²) in [6.07, 6.45) is -3.52. The van der Waals surface area contributed by atoms with Gasteiger partial charge in [-0.25, -0.2) is 8.78 Å². The van der Waals surface area contributed by atoms with Crippen LogP contribution in [0.4, 0.5) is 22.0 Å². The average Bonchev–Trinajstić information content (AvgIpc) is 3.10. The molecule has 1 fully saturated rings. The van der Waals surface area contributed by atoms with Crippen LogP contribution in [-0.4, -0.2) is 35.9 Å². The van der Waals surface area contributed by atoms with Crippen LogP contribution < -0.4 is 15.4 Å². The number of hydrogen-bond acceptors (Lipinski definition) is 5. The number of nitrogens with zero attached hydrogens (tertiary/aromatic N) is 1. The lowest BCUT2D eigenvalue weighted by molar-refractivity contribution is -0.142. The SMILES string of the molecule is Cc1oc2c(C)cc(OCc3cccnc3C(F)(F)F)cc2c1C(=O)NC1CCNCC1(F)F. The highest BCUT2D eigenvalue weighted by molar-refractivity contribution is 6.08. The largest absolute Gasteiger partial charge is 0.489 e. The van der Waals surface area contributed by atoms with Crippen molar-refractivity contribution in [2.24, 2.45) is 0 Å². The fraction of sp³-hybridized carbons (Fsp3) is 0.391. The molecule has 4 rings (SSSR count). The molecular weight excluding hydrogens is 461 g/mol. The van der Waals surface area contributed by atoms with Crippen molar-refractivity contribution in [1.29, 1.82) is 0 Å². The summed E-state index contributed by atoms with van der Waals surface area (Å²) < 4.78 is 79.3. The number of ether oxygens (including phenoxy) is 1. The standard InChI is InChI=1S/C23H22F5N3O3/c1-12-8-15(33-10-14-4-3-6-30-20(14)23(26,27)28)9-16-18(13(2)34-19(12)16)21(32)31-17-5-7-29-11-22(17,24)25/h3-4,6,8-9,17,29H,5,7,10-11H2,1-2H3,(H,31,32). The molecule has 3 heterocycles. The van der Waals surface area contributed by atoms with E-state index >= 15 is 0 Å². The van der Waals surface area contributed by atoms with Crippen LogP contribution in [0.3, 0.4) is 0 Å². The summed E-state index contributed by atoms with van der Waals surface area (Å²) in [6, 6.07) is 4.33. The summed E-state index contributed by atoms with van der Waals surface area (Å²) in [5.74, 6) is -3.39. The van der Waals surface area contributed by atoms with Crippen molar-refractivity contribution in [2.75, 3.05) is 13.1 Å². The number of nitrogens with one attached hydrogen (secondary N) is 2. The molecule has 1 aliphatic rings. The number of benzene rings is 1. The van der Waals surface area contributed by atoms with Gasteiger partial charge in [0.2, 0.25) is 0 Å². The summed E-state index contributed by atoms with van der Waals surface area (Å²) in [6.45, 7) is 2.63. The van der Waals surface area contributed by atoms with Gasteiger partial charge in [-0.3, -0.25) is 9.78 Å². The maximum absolute atomic E-state index is 14.2. The molecular formula is C23H22F5N3O3. The van der Waals surface area contributed by atoms with E-state index in [2.05, 4.69) is 15.6 Å². The Kier molecular flexibility index (Phi) is 6.24. The molecule has 1 aliphatic heterocycles. The normalized spacial score (nSPS) is 18.1. The van der Waals surface area contributed by atoms with E-state index in [1.165, 1.54) is 18.2 Å². The monoisotopic (exact) mass is 483 g/mol. The number of aromatic nitrogens is 1. The van der Waals surface area contributed by atoms with Gasteiger partial charge in [-0.1, -0.05) is 6.07 Å². The van der Waals surface area contributed by atoms with Gasteiger partial charge in [0.15, 0.2) is 5.69 Å². The first-order chi connectivity index (χ1) is 16.0. The first-order valence-corrected chi connectivity index (χ1v) is 10.5. The number of piperidine rings is 1. The van der Waals surface area contributed by atoms with Gasteiger partial charge in [-0.05, 0) is 50.6 Å². The van der Waals surface area contributed by atoms with Gasteiger partial charge in [0.1, 0.15) is 23.7 Å². The Morgan fingerprint density at radius 3 is 2.79 bits per heavy atom. The summed E-state index contributed by atoms with van der Waals surface area (Å²) in [7, 11) is 0. The molecule has 0 radical (unpaired) electrons. The molecule has 0 spiro atoms. The summed E-state index contributed by atoms with van der Waals surface area (Å²) >= 11 is 0. The Bertz CT molecular complexity index is 1220. The molecule has 1 saturated heterocycles. The van der Waals surface area contributed by atoms with Gasteiger partial charge in [-0.2, -0.15) is 13.2 Å². The van der Waals surface area contributed by atoms with Crippen LogP contribution in [-0.2, 0) is 12.8 Å². The number of carbonyl (C=O) groups excluding carboxylic acids is 1. The van der Waals surface area contributed by atoms with E-state index in [0.717, 1.165) is 6.20 Å². The third kappa shape index (κ3) is 4.70. The highest BCUT2D eigenvalue weighted by atomic mass is 19.4. The molecule has 2 N–H and O–H groups in total. The van der Waals surface area contributed by atoms with Crippen LogP contribution in [0.1, 0.15) is 39.4 Å². The Balaban J connectivity index is 1.62. The van der Waals surface area contributed by atoms with Crippen molar-refractivity contribution in [3.05, 3.63) is 58.6 Å². The topological polar surface area (TPSA) is 76.4 Å². The first kappa shape index (κ1) is 23.9. The molecule has 34 heavy (non-hydrogen) atoms. The minimum Gasteiger partial charge on any atom is -0.489 e. The van der Waals surface area contributed by atoms with Crippen LogP contribution in [0.15, 0.2) is 34.9 Å². The Morgan fingerprint density at radius 1 is 1.32 bits per heavy atom. The van der Waals surface area contributed by atoms with Crippen molar-refractivity contribution >= 4 is 16.9 Å². The lowest BCUT2D eigenvalue weighted by Gasteiger charge is -2.32. The number of fused-ring (bicyclic) bond motifs is 1. The maximum atomic E-state index is 14.2. The molecule has 2 aromatic heterocycles. The van der Waals surface area contributed by atoms with Gasteiger partial charge in [-0.15, -0.1) is 0 Å². The van der Waals surface area contributed by atoms with Crippen LogP contribution in [0, 0.1) is 13.8 Å². The van der Waals surface area contributed by atoms with Crippen molar-refractivity contribution in [3.8, 4) is 5.75 Å². The Morgan fingerprint density at radius 2 is 2.09 bits per heavy atom. The molecule has 1 aromatic carbocycles. The van der Waals surface area contributed by atoms with Gasteiger partial charge in [0.25, 0.3) is 11.8 Å². The quantitative estimate of drug-likeness (QED) is 0.512. The number of rotatable bonds is 5. The predicted octanol–water partition coefficient (Wildman–Crippen LogP) is 4.77. The van der Waals surface area contributed by atoms with Crippen molar-refractivity contribution in [1.82, 2.24) is 15.6 Å². The van der Waals surface area contributed by atoms with Gasteiger partial charge in [0, 0.05) is 17.1 Å². The minimum atomic E-state index is -4.64. The van der Waals surface area contributed by atoms with Gasteiger partial charge < -0.3 is 19.8 Å². The number of amides is 1. The van der Waals surface area contributed by atoms with Crippen LogP contribution in [0.2, 0.25) is 0 Å². The second-order valence-corrected chi connectivity index (χ2v) is 8.20. The number of furan rings is 1. The number of alkyl halides is 5. The fourth-order valence-corrected chi connectivity index (χ4v) is 4.04. The van der Waals surface area contributed by atoms with Crippen LogP contribution in [0.25, 0.3) is 11.0 Å². The third-order valence-electron chi connectivity index (χ3n) is 5.69. The summed E-state index contributed by atoms with van der Waals surface area (Å²) in [5.41, 5.74) is -0.180. The highest BCUT2D eigenvalue weighted by Crippen LogP contribution is 2.34. The van der Waals surface area contributed by atoms with E-state index in [1.54, 1.807) is 19.9 Å². The van der Waals surface area contributed by atoms with E-state index in [-0.39, 0.29) is 29.1 Å². The smallest absolute Gasteiger partial charge is 0.433 e. The van der Waals surface area contributed by atoms with Gasteiger partial charge >= 0.3 is 6.18 Å². The number of carbonyl (C=O) groups is 1. The van der Waals surface area contributed by atoms with Crippen molar-refractivity contribution < 1.29 is 35.9 Å². The molecule has 1 amide bonds. The number of pyridine rings is 1. The average molecular weight is 483 g/mol. The first-order valence-electron chi connectivity index (χ1n) is 10.5. The van der Waals surface area contributed by atoms with E-state index in [9.17, 15) is 26.7 Å². The number of halogens is 5. The summed E-state index contributed by atoms with van der Waals surface area (Å²) in [5, 5.41) is 5.32. The zero-order chi connectivity index (χ0) is 24.7. The minimum absolute atomic E-state index is 0.0631. The zero-order valence-electron chi connectivity index (χ0n) is 18.4. The molecule has 3 aromatic rings. The van der Waals surface area contributed by atoms with E-state index in [1.807, 2.05) is 0 Å². The molecule has 0 saturated carbocycles. The lowest BCUT2D eigenvalue weighted by atomic mass is 10.0. The van der Waals surface area contributed by atoms with Crippen LogP contribution >= 0.6 is 0 Å². The van der Waals surface area contributed by atoms with E-state index in [0.29, 0.717) is 23.1 Å². The summed E-state index contributed by atoms with van der Waals surface area (Å²) in [4.78, 5) is 16.4. The zero-order valence-corrected chi connectivity index (χ0v) is 18.4. The molecule has 1 unspecified atom stereocenters. The second-order valence-electron chi connectivity index (χ2n) is 8.20. The third-order valence-corrected chi connectivity index (χ3v) is 5.69. The van der Waals surface area contributed by atoms with Crippen molar-refractivity contribution in [2.45, 2.75) is 45.0 Å². The maximum Gasteiger partial charge on any atom is 0.433 e. The van der Waals surface area contributed by atoms with E-state index < -0.39 is 42.9 Å². The Labute approximate surface area is 191 Å². The molecule has 1 atom stereocenters. The second kappa shape index (κ2) is 8.86. The molecule has 0 bridgehead atoms. The predicted molar refractivity (Wildman–Crippen MR) is 113 cm³/mol. The highest BCUT2D eigenvalue weighted by Gasteiger charge is 2.43. The Hall–Kier alpha value is -3.21. The molecule has 6 nitrogen and oxygen atoms in total. The molecule has 0 aliphatic carbocycles. The van der Waals surface area contributed by atoms with Gasteiger partial charge in [0.05, 0.1) is 18.2 Å². The number of hydrogen-bond donors (Lipinski definition) is 2. The molecule has 182 valence electrons. The van der Waals surface area contributed by atoms with E-state index in [4.69, 9.17) is 9.15 Å². The fourth-order valence-electron chi connectivity index (χ4n) is 4.04. The van der Waals surface area contributed by atoms with Crippen LogP contribution in [0.5, 0.6) is 5.75 Å². The van der Waals surface area contributed by atoms with Crippen molar-refractivity contribution in [3.63, 3.8) is 0 Å².